The van der Waals surface area contributed by atoms with E-state index in [2.05, 4.69) is 15.8 Å². The largest absolute Gasteiger partial charge is 0.427 e. The fourth-order valence-corrected chi connectivity index (χ4v) is 2.60. The molecule has 1 aromatic rings. The van der Waals surface area contributed by atoms with Gasteiger partial charge in [0.15, 0.2) is 5.13 Å². The number of thiazole rings is 1. The third kappa shape index (κ3) is 2.94. The zero-order chi connectivity index (χ0) is 13.2. The lowest BCUT2D eigenvalue weighted by Crippen LogP contribution is -2.46. The lowest BCUT2D eigenvalue weighted by molar-refractivity contribution is -0.134. The van der Waals surface area contributed by atoms with Crippen LogP contribution in [0.1, 0.15) is 4.88 Å². The number of rotatable bonds is 2. The molecule has 0 radical (unpaired) electrons. The number of hydrogen-bond donors (Lipinski definition) is 0. The molecule has 0 saturated carbocycles. The van der Waals surface area contributed by atoms with Crippen molar-refractivity contribution in [1.82, 2.24) is 9.88 Å². The van der Waals surface area contributed by atoms with Crippen molar-refractivity contribution >= 4 is 16.5 Å². The van der Waals surface area contributed by atoms with Crippen LogP contribution < -0.4 is 4.90 Å². The van der Waals surface area contributed by atoms with Crippen molar-refractivity contribution in [3.63, 3.8) is 0 Å². The molecule has 1 saturated heterocycles. The van der Waals surface area contributed by atoms with Crippen molar-refractivity contribution in [1.29, 1.82) is 0 Å². The number of halogens is 3. The molecule has 1 aromatic heterocycles. The predicted molar refractivity (Wildman–Crippen MR) is 64.6 cm³/mol. The van der Waals surface area contributed by atoms with Gasteiger partial charge < -0.3 is 4.90 Å². The summed E-state index contributed by atoms with van der Waals surface area (Å²) < 4.78 is 37.4. The molecule has 0 amide bonds. The number of hydrogen-bond acceptors (Lipinski definition) is 4. The van der Waals surface area contributed by atoms with E-state index in [0.717, 1.165) is 19.3 Å². The van der Waals surface area contributed by atoms with E-state index in [4.69, 9.17) is 6.42 Å². The lowest BCUT2D eigenvalue weighted by atomic mass is 10.3. The second-order valence-corrected chi connectivity index (χ2v) is 4.98. The second kappa shape index (κ2) is 5.16. The van der Waals surface area contributed by atoms with Crippen LogP contribution in [0.25, 0.3) is 0 Å². The van der Waals surface area contributed by atoms with Crippen LogP contribution >= 0.6 is 11.3 Å². The molecule has 7 heteroatoms. The highest BCUT2D eigenvalue weighted by Crippen LogP contribution is 2.36. The molecule has 2 rings (SSSR count). The van der Waals surface area contributed by atoms with Crippen LogP contribution in [-0.2, 0) is 6.18 Å². The summed E-state index contributed by atoms with van der Waals surface area (Å²) in [7, 11) is 0. The van der Waals surface area contributed by atoms with E-state index >= 15 is 0 Å². The van der Waals surface area contributed by atoms with Crippen LogP contribution in [0.4, 0.5) is 18.3 Å². The molecule has 2 heterocycles. The molecule has 0 N–H and O–H groups in total. The van der Waals surface area contributed by atoms with Gasteiger partial charge in [-0.2, -0.15) is 13.2 Å². The summed E-state index contributed by atoms with van der Waals surface area (Å²) in [5.41, 5.74) is 0. The number of alkyl halides is 3. The van der Waals surface area contributed by atoms with Gasteiger partial charge in [-0.05, 0) is 0 Å². The van der Waals surface area contributed by atoms with Gasteiger partial charge in [0.2, 0.25) is 0 Å². The summed E-state index contributed by atoms with van der Waals surface area (Å²) in [6, 6.07) is 0. The van der Waals surface area contributed by atoms with E-state index < -0.39 is 11.1 Å². The summed E-state index contributed by atoms with van der Waals surface area (Å²) >= 11 is 0.692. The molecule has 0 unspecified atom stereocenters. The van der Waals surface area contributed by atoms with E-state index in [-0.39, 0.29) is 0 Å². The number of anilines is 1. The standard InChI is InChI=1S/C11H12F3N3S/c1-2-3-16-4-6-17(7-5-16)10-15-8-9(18-10)11(12,13)14/h1,8H,3-7H2. The van der Waals surface area contributed by atoms with Gasteiger partial charge in [0.05, 0.1) is 12.7 Å². The van der Waals surface area contributed by atoms with Crippen molar-refractivity contribution in [2.45, 2.75) is 6.18 Å². The molecule has 1 fully saturated rings. The van der Waals surface area contributed by atoms with Crippen molar-refractivity contribution in [3.05, 3.63) is 11.1 Å². The zero-order valence-corrected chi connectivity index (χ0v) is 10.4. The summed E-state index contributed by atoms with van der Waals surface area (Å²) in [5, 5.41) is 0.433. The average molecular weight is 275 g/mol. The van der Waals surface area contributed by atoms with Gasteiger partial charge in [-0.15, -0.1) is 6.42 Å². The summed E-state index contributed by atoms with van der Waals surface area (Å²) in [6.07, 6.45) is 1.81. The zero-order valence-electron chi connectivity index (χ0n) is 9.57. The van der Waals surface area contributed by atoms with Gasteiger partial charge in [0, 0.05) is 26.2 Å². The first kappa shape index (κ1) is 13.2. The molecule has 0 bridgehead atoms. The Morgan fingerprint density at radius 3 is 2.50 bits per heavy atom. The quantitative estimate of drug-likeness (QED) is 0.769. The van der Waals surface area contributed by atoms with Gasteiger partial charge in [-0.1, -0.05) is 17.3 Å². The number of terminal acetylenes is 1. The van der Waals surface area contributed by atoms with Crippen molar-refractivity contribution in [3.8, 4) is 12.3 Å². The number of piperazine rings is 1. The topological polar surface area (TPSA) is 19.4 Å². The Bertz CT molecular complexity index is 441. The number of nitrogens with zero attached hydrogens (tertiary/aromatic N) is 3. The minimum absolute atomic E-state index is 0.433. The Balaban J connectivity index is 1.98. The Labute approximate surface area is 107 Å². The van der Waals surface area contributed by atoms with E-state index in [1.165, 1.54) is 0 Å². The van der Waals surface area contributed by atoms with Gasteiger partial charge in [0.1, 0.15) is 4.88 Å². The van der Waals surface area contributed by atoms with Crippen LogP contribution in [0.5, 0.6) is 0 Å². The normalized spacial score (nSPS) is 17.8. The van der Waals surface area contributed by atoms with Crippen LogP contribution in [0, 0.1) is 12.3 Å². The van der Waals surface area contributed by atoms with Crippen molar-refractivity contribution in [2.24, 2.45) is 0 Å². The summed E-state index contributed by atoms with van der Waals surface area (Å²) in [4.78, 5) is 7.15. The SMILES string of the molecule is C#CCN1CCN(c2ncc(C(F)(F)F)s2)CC1. The third-order valence-corrected chi connectivity index (χ3v) is 3.83. The Morgan fingerprint density at radius 2 is 2.00 bits per heavy atom. The Morgan fingerprint density at radius 1 is 1.33 bits per heavy atom. The lowest BCUT2D eigenvalue weighted by Gasteiger charge is -2.33. The summed E-state index contributed by atoms with van der Waals surface area (Å²) in [6.45, 7) is 3.41. The van der Waals surface area contributed by atoms with E-state index in [9.17, 15) is 13.2 Å². The Hall–Kier alpha value is -1.26. The van der Waals surface area contributed by atoms with Crippen LogP contribution in [0.3, 0.4) is 0 Å². The fraction of sp³-hybridized carbons (Fsp3) is 0.545. The van der Waals surface area contributed by atoms with Crippen LogP contribution in [-0.4, -0.2) is 42.6 Å². The maximum absolute atomic E-state index is 12.5. The molecule has 0 atom stereocenters. The first-order chi connectivity index (χ1) is 8.50. The van der Waals surface area contributed by atoms with Crippen molar-refractivity contribution in [2.75, 3.05) is 37.6 Å². The molecule has 98 valence electrons. The first-order valence-electron chi connectivity index (χ1n) is 5.44. The van der Waals surface area contributed by atoms with Crippen LogP contribution in [0.2, 0.25) is 0 Å². The molecule has 1 aliphatic rings. The molecular weight excluding hydrogens is 263 g/mol. The highest BCUT2D eigenvalue weighted by Gasteiger charge is 2.34. The smallest absolute Gasteiger partial charge is 0.346 e. The molecule has 3 nitrogen and oxygen atoms in total. The fourth-order valence-electron chi connectivity index (χ4n) is 1.77. The molecule has 0 aliphatic carbocycles. The highest BCUT2D eigenvalue weighted by atomic mass is 32.1. The maximum Gasteiger partial charge on any atom is 0.427 e. The van der Waals surface area contributed by atoms with Gasteiger partial charge in [-0.3, -0.25) is 4.90 Å². The Kier molecular flexibility index (Phi) is 3.78. The second-order valence-electron chi connectivity index (χ2n) is 3.97. The monoisotopic (exact) mass is 275 g/mol. The molecular formula is C11H12F3N3S. The average Bonchev–Trinajstić information content (AvgIpc) is 2.79. The van der Waals surface area contributed by atoms with E-state index in [0.29, 0.717) is 36.1 Å². The van der Waals surface area contributed by atoms with Gasteiger partial charge in [0.25, 0.3) is 0 Å². The number of aromatic nitrogens is 1. The highest BCUT2D eigenvalue weighted by molar-refractivity contribution is 7.15. The van der Waals surface area contributed by atoms with Gasteiger partial charge >= 0.3 is 6.18 Å². The van der Waals surface area contributed by atoms with Crippen molar-refractivity contribution < 1.29 is 13.2 Å². The molecule has 0 aromatic carbocycles. The molecule has 0 spiro atoms. The van der Waals surface area contributed by atoms with Gasteiger partial charge in [-0.25, -0.2) is 4.98 Å². The molecule has 18 heavy (non-hydrogen) atoms. The maximum atomic E-state index is 12.5. The predicted octanol–water partition coefficient (Wildman–Crippen LogP) is 1.92. The van der Waals surface area contributed by atoms with E-state index in [1.807, 2.05) is 4.90 Å². The minimum Gasteiger partial charge on any atom is -0.346 e. The minimum atomic E-state index is -4.30. The summed E-state index contributed by atoms with van der Waals surface area (Å²) in [5.74, 6) is 2.56. The third-order valence-electron chi connectivity index (χ3n) is 2.73. The van der Waals surface area contributed by atoms with Crippen LogP contribution in [0.15, 0.2) is 6.20 Å². The van der Waals surface area contributed by atoms with E-state index in [1.54, 1.807) is 0 Å². The molecule has 1 aliphatic heterocycles. The first-order valence-corrected chi connectivity index (χ1v) is 6.26.